The molecule has 2 amide bonds. The molecule has 0 fully saturated rings. The normalized spacial score (nSPS) is 14.2. The number of hydrogen-bond donors (Lipinski definition) is 1. The maximum Gasteiger partial charge on any atom is 0.320 e. The number of fused-ring (bicyclic) bond motifs is 1. The van der Waals surface area contributed by atoms with Gasteiger partial charge < -0.3 is 14.9 Å². The van der Waals surface area contributed by atoms with Crippen molar-refractivity contribution in [3.63, 3.8) is 0 Å². The molecule has 21 heavy (non-hydrogen) atoms. The van der Waals surface area contributed by atoms with Crippen LogP contribution in [0.2, 0.25) is 0 Å². The first-order valence-electron chi connectivity index (χ1n) is 7.44. The average Bonchev–Trinajstić information content (AvgIpc) is 2.70. The number of carboxylic acids is 1. The zero-order chi connectivity index (χ0) is 15.2. The Morgan fingerprint density at radius 3 is 2.24 bits per heavy atom. The van der Waals surface area contributed by atoms with Gasteiger partial charge in [-0.2, -0.15) is 0 Å². The van der Waals surface area contributed by atoms with Crippen molar-refractivity contribution in [2.75, 3.05) is 26.2 Å². The first kappa shape index (κ1) is 15.4. The number of carboxylic acid groups (broad SMARTS) is 1. The Hall–Kier alpha value is -2.04. The molecule has 5 heteroatoms. The van der Waals surface area contributed by atoms with Crippen molar-refractivity contribution in [3.05, 3.63) is 35.4 Å². The van der Waals surface area contributed by atoms with Gasteiger partial charge in [0.1, 0.15) is 0 Å². The predicted octanol–water partition coefficient (Wildman–Crippen LogP) is 2.00. The minimum atomic E-state index is -0.871. The Morgan fingerprint density at radius 2 is 1.76 bits per heavy atom. The van der Waals surface area contributed by atoms with Crippen molar-refractivity contribution in [2.24, 2.45) is 0 Å². The van der Waals surface area contributed by atoms with E-state index in [1.165, 1.54) is 11.1 Å². The van der Waals surface area contributed by atoms with Crippen molar-refractivity contribution < 1.29 is 14.7 Å². The van der Waals surface area contributed by atoms with Crippen molar-refractivity contribution >= 4 is 12.0 Å². The molecule has 0 aromatic heterocycles. The number of amides is 2. The number of carbonyl (C=O) groups excluding carboxylic acids is 1. The molecule has 0 unspecified atom stereocenters. The first-order chi connectivity index (χ1) is 10.1. The lowest BCUT2D eigenvalue weighted by molar-refractivity contribution is -0.137. The summed E-state index contributed by atoms with van der Waals surface area (Å²) in [5.41, 5.74) is 2.61. The van der Waals surface area contributed by atoms with Crippen molar-refractivity contribution in [1.82, 2.24) is 9.80 Å². The van der Waals surface area contributed by atoms with Gasteiger partial charge >= 0.3 is 12.0 Å². The molecule has 2 rings (SSSR count). The van der Waals surface area contributed by atoms with Gasteiger partial charge in [0, 0.05) is 26.2 Å². The largest absolute Gasteiger partial charge is 0.481 e. The van der Waals surface area contributed by atoms with Crippen molar-refractivity contribution in [1.29, 1.82) is 0 Å². The molecule has 0 bridgehead atoms. The Bertz CT molecular complexity index is 489. The zero-order valence-electron chi connectivity index (χ0n) is 12.4. The maximum absolute atomic E-state index is 12.5. The Morgan fingerprint density at radius 1 is 1.19 bits per heavy atom. The number of hydrogen-bond acceptors (Lipinski definition) is 2. The van der Waals surface area contributed by atoms with Gasteiger partial charge in [-0.3, -0.25) is 4.79 Å². The van der Waals surface area contributed by atoms with Gasteiger partial charge in [-0.15, -0.1) is 0 Å². The van der Waals surface area contributed by atoms with Crippen LogP contribution in [0.3, 0.4) is 0 Å². The molecule has 1 aliphatic heterocycles. The Kier molecular flexibility index (Phi) is 5.20. The molecule has 0 atom stereocenters. The third-order valence-electron chi connectivity index (χ3n) is 3.94. The number of benzene rings is 1. The van der Waals surface area contributed by atoms with Crippen molar-refractivity contribution in [3.8, 4) is 0 Å². The lowest BCUT2D eigenvalue weighted by Crippen LogP contribution is -2.45. The molecule has 1 aromatic carbocycles. The number of rotatable bonds is 4. The van der Waals surface area contributed by atoms with E-state index in [-0.39, 0.29) is 19.0 Å². The van der Waals surface area contributed by atoms with Gasteiger partial charge in [0.2, 0.25) is 0 Å². The SMILES string of the molecule is CCN(CCC(=O)O)C(=O)N1CCc2ccccc2CC1. The minimum absolute atomic E-state index is 0.00630. The van der Waals surface area contributed by atoms with E-state index >= 15 is 0 Å². The summed E-state index contributed by atoms with van der Waals surface area (Å²) in [5.74, 6) is -0.871. The lowest BCUT2D eigenvalue weighted by atomic mass is 10.0. The molecule has 114 valence electrons. The fourth-order valence-electron chi connectivity index (χ4n) is 2.68. The van der Waals surface area contributed by atoms with Crippen LogP contribution >= 0.6 is 0 Å². The summed E-state index contributed by atoms with van der Waals surface area (Å²) in [6.07, 6.45) is 1.71. The molecule has 0 saturated carbocycles. The molecule has 1 aromatic rings. The van der Waals surface area contributed by atoms with Crippen LogP contribution in [-0.2, 0) is 17.6 Å². The maximum atomic E-state index is 12.5. The molecular weight excluding hydrogens is 268 g/mol. The standard InChI is InChI=1S/C16H22N2O3/c1-2-17(12-9-15(19)20)16(21)18-10-7-13-5-3-4-6-14(13)8-11-18/h3-6H,2,7-12H2,1H3,(H,19,20). The smallest absolute Gasteiger partial charge is 0.320 e. The van der Waals surface area contributed by atoms with Gasteiger partial charge in [0.25, 0.3) is 0 Å². The molecule has 5 nitrogen and oxygen atoms in total. The molecule has 1 heterocycles. The van der Waals surface area contributed by atoms with E-state index in [4.69, 9.17) is 5.11 Å². The summed E-state index contributed by atoms with van der Waals surface area (Å²) in [6.45, 7) is 4.08. The summed E-state index contributed by atoms with van der Waals surface area (Å²) in [7, 11) is 0. The van der Waals surface area contributed by atoms with E-state index in [0.717, 1.165) is 12.8 Å². The van der Waals surface area contributed by atoms with E-state index < -0.39 is 5.97 Å². The summed E-state index contributed by atoms with van der Waals surface area (Å²) in [6, 6.07) is 8.24. The topological polar surface area (TPSA) is 60.9 Å². The monoisotopic (exact) mass is 290 g/mol. The van der Waals surface area contributed by atoms with Crippen LogP contribution in [0.4, 0.5) is 4.79 Å². The Balaban J connectivity index is 1.98. The molecule has 1 N–H and O–H groups in total. The van der Waals surface area contributed by atoms with Gasteiger partial charge in [0.15, 0.2) is 0 Å². The zero-order valence-corrected chi connectivity index (χ0v) is 12.4. The fourth-order valence-corrected chi connectivity index (χ4v) is 2.68. The second-order valence-electron chi connectivity index (χ2n) is 5.26. The summed E-state index contributed by atoms with van der Waals surface area (Å²) in [5, 5.41) is 8.76. The lowest BCUT2D eigenvalue weighted by Gasteiger charge is -2.28. The molecule has 0 radical (unpaired) electrons. The van der Waals surface area contributed by atoms with Gasteiger partial charge in [-0.05, 0) is 30.9 Å². The highest BCUT2D eigenvalue weighted by Gasteiger charge is 2.22. The van der Waals surface area contributed by atoms with E-state index in [1.807, 2.05) is 24.0 Å². The van der Waals surface area contributed by atoms with Crippen LogP contribution in [0.5, 0.6) is 0 Å². The van der Waals surface area contributed by atoms with Crippen LogP contribution in [0.15, 0.2) is 24.3 Å². The molecule has 0 aliphatic carbocycles. The number of aliphatic carboxylic acids is 1. The molecule has 1 aliphatic rings. The molecule has 0 spiro atoms. The minimum Gasteiger partial charge on any atom is -0.481 e. The summed E-state index contributed by atoms with van der Waals surface area (Å²) < 4.78 is 0. The third kappa shape index (κ3) is 3.97. The van der Waals surface area contributed by atoms with Gasteiger partial charge in [0.05, 0.1) is 6.42 Å². The van der Waals surface area contributed by atoms with Gasteiger partial charge in [-0.1, -0.05) is 24.3 Å². The van der Waals surface area contributed by atoms with E-state index in [0.29, 0.717) is 19.6 Å². The van der Waals surface area contributed by atoms with Crippen LogP contribution in [0.25, 0.3) is 0 Å². The average molecular weight is 290 g/mol. The van der Waals surface area contributed by atoms with Crippen LogP contribution < -0.4 is 0 Å². The third-order valence-corrected chi connectivity index (χ3v) is 3.94. The molecule has 0 saturated heterocycles. The van der Waals surface area contributed by atoms with Gasteiger partial charge in [-0.25, -0.2) is 4.79 Å². The van der Waals surface area contributed by atoms with Crippen LogP contribution in [-0.4, -0.2) is 53.1 Å². The first-order valence-corrected chi connectivity index (χ1v) is 7.44. The summed E-state index contributed by atoms with van der Waals surface area (Å²) >= 11 is 0. The highest BCUT2D eigenvalue weighted by Crippen LogP contribution is 2.16. The van der Waals surface area contributed by atoms with E-state index in [1.54, 1.807) is 4.90 Å². The Labute approximate surface area is 125 Å². The van der Waals surface area contributed by atoms with Crippen molar-refractivity contribution in [2.45, 2.75) is 26.2 Å². The number of nitrogens with zero attached hydrogens (tertiary/aromatic N) is 2. The number of urea groups is 1. The van der Waals surface area contributed by atoms with E-state index in [2.05, 4.69) is 12.1 Å². The number of carbonyl (C=O) groups is 2. The predicted molar refractivity (Wildman–Crippen MR) is 80.3 cm³/mol. The second-order valence-corrected chi connectivity index (χ2v) is 5.26. The highest BCUT2D eigenvalue weighted by molar-refractivity contribution is 5.75. The van der Waals surface area contributed by atoms with Crippen LogP contribution in [0, 0.1) is 0 Å². The highest BCUT2D eigenvalue weighted by atomic mass is 16.4. The summed E-state index contributed by atoms with van der Waals surface area (Å²) in [4.78, 5) is 26.6. The van der Waals surface area contributed by atoms with E-state index in [9.17, 15) is 9.59 Å². The molecular formula is C16H22N2O3. The quantitative estimate of drug-likeness (QED) is 0.922. The second kappa shape index (κ2) is 7.11. The fraction of sp³-hybridized carbons (Fsp3) is 0.500. The van der Waals surface area contributed by atoms with Crippen LogP contribution in [0.1, 0.15) is 24.5 Å².